The Morgan fingerprint density at radius 3 is 1.77 bits per heavy atom. The van der Waals surface area contributed by atoms with E-state index < -0.39 is 77.7 Å². The largest absolute Gasteiger partial charge is 0.444 e. The number of Topliss-reactive ketones (excluding diaryl/α,β-unsaturated/α-hetero) is 1. The van der Waals surface area contributed by atoms with Gasteiger partial charge in [0.2, 0.25) is 12.1 Å². The van der Waals surface area contributed by atoms with Gasteiger partial charge < -0.3 is 29.6 Å². The molecule has 0 heterocycles. The number of amides is 3. The number of alkyl halides is 6. The molecule has 0 rings (SSSR count). The maximum atomic E-state index is 12.8. The lowest BCUT2D eigenvalue weighted by Gasteiger charge is -2.27. The summed E-state index contributed by atoms with van der Waals surface area (Å²) >= 11 is 0. The Morgan fingerprint density at radius 2 is 1.33 bits per heavy atom. The van der Waals surface area contributed by atoms with Crippen molar-refractivity contribution >= 4 is 29.8 Å². The van der Waals surface area contributed by atoms with E-state index in [4.69, 9.17) is 14.2 Å². The van der Waals surface area contributed by atoms with Gasteiger partial charge in [0.1, 0.15) is 23.4 Å². The number of halogens is 6. The summed E-state index contributed by atoms with van der Waals surface area (Å²) in [5, 5.41) is 7.04. The van der Waals surface area contributed by atoms with Crippen LogP contribution in [0.15, 0.2) is 4.99 Å². The molecule has 0 bridgehead atoms. The lowest BCUT2D eigenvalue weighted by atomic mass is 10.0. The molecule has 18 heteroatoms. The first-order valence-corrected chi connectivity index (χ1v) is 12.9. The average molecular weight is 639 g/mol. The molecule has 0 saturated carbocycles. The van der Waals surface area contributed by atoms with Gasteiger partial charge in [-0.2, -0.15) is 26.3 Å². The lowest BCUT2D eigenvalue weighted by molar-refractivity contribution is -0.319. The van der Waals surface area contributed by atoms with E-state index in [1.807, 2.05) is 0 Å². The fraction of sp³-hybridized carbons (Fsp3) is 0.800. The van der Waals surface area contributed by atoms with Gasteiger partial charge in [-0.05, 0) is 68.2 Å². The molecule has 0 aromatic carbocycles. The number of rotatable bonds is 11. The van der Waals surface area contributed by atoms with Crippen LogP contribution in [-0.2, 0) is 28.5 Å². The first-order chi connectivity index (χ1) is 19.2. The van der Waals surface area contributed by atoms with Gasteiger partial charge in [-0.25, -0.2) is 9.59 Å². The number of ether oxygens (including phenoxy) is 4. The maximum absolute atomic E-state index is 12.8. The van der Waals surface area contributed by atoms with Crippen LogP contribution in [0, 0.1) is 0 Å². The molecule has 0 aromatic heterocycles. The van der Waals surface area contributed by atoms with Crippen molar-refractivity contribution in [1.29, 1.82) is 0 Å². The number of hydrogen-bond acceptors (Lipinski definition) is 8. The highest BCUT2D eigenvalue weighted by Gasteiger charge is 2.58. The summed E-state index contributed by atoms with van der Waals surface area (Å²) in [6.45, 7) is 10.3. The van der Waals surface area contributed by atoms with Crippen molar-refractivity contribution in [3.05, 3.63) is 0 Å². The fourth-order valence-electron chi connectivity index (χ4n) is 2.78. The van der Waals surface area contributed by atoms with Crippen LogP contribution in [0.5, 0.6) is 0 Å². The van der Waals surface area contributed by atoms with Crippen molar-refractivity contribution in [3.8, 4) is 0 Å². The first-order valence-electron chi connectivity index (χ1n) is 12.9. The summed E-state index contributed by atoms with van der Waals surface area (Å²) in [6.07, 6.45) is -18.4. The second-order valence-corrected chi connectivity index (χ2v) is 11.6. The van der Waals surface area contributed by atoms with Gasteiger partial charge in [-0.3, -0.25) is 14.9 Å². The lowest BCUT2D eigenvalue weighted by Crippen LogP contribution is -2.52. The number of hydrogen-bond donors (Lipinski definition) is 3. The highest BCUT2D eigenvalue weighted by atomic mass is 19.4. The second-order valence-electron chi connectivity index (χ2n) is 11.6. The monoisotopic (exact) mass is 638 g/mol. The number of carbonyl (C=O) groups is 4. The summed E-state index contributed by atoms with van der Waals surface area (Å²) in [5.74, 6) is -2.59. The molecular formula is C25H40F6N4O8. The number of carbonyl (C=O) groups excluding carboxylic acids is 4. The van der Waals surface area contributed by atoms with Crippen molar-refractivity contribution in [2.75, 3.05) is 20.3 Å². The first kappa shape index (κ1) is 39.8. The van der Waals surface area contributed by atoms with E-state index in [9.17, 15) is 45.5 Å². The molecule has 43 heavy (non-hydrogen) atoms. The topological polar surface area (TPSA) is 154 Å². The third kappa shape index (κ3) is 16.9. The normalized spacial score (nSPS) is 14.2. The van der Waals surface area contributed by atoms with Crippen molar-refractivity contribution in [1.82, 2.24) is 16.0 Å². The molecular weight excluding hydrogens is 598 g/mol. The quantitative estimate of drug-likeness (QED) is 0.131. The van der Waals surface area contributed by atoms with E-state index in [0.29, 0.717) is 0 Å². The molecule has 0 aliphatic carbocycles. The third-order valence-electron chi connectivity index (χ3n) is 4.92. The zero-order valence-corrected chi connectivity index (χ0v) is 25.5. The summed E-state index contributed by atoms with van der Waals surface area (Å²) in [6, 6.07) is -1.60. The number of guanidine groups is 1. The third-order valence-corrected chi connectivity index (χ3v) is 4.92. The Labute approximate surface area is 245 Å². The highest BCUT2D eigenvalue weighted by Crippen LogP contribution is 2.35. The summed E-state index contributed by atoms with van der Waals surface area (Å²) in [4.78, 5) is 53.2. The van der Waals surface area contributed by atoms with Gasteiger partial charge in [0.25, 0.3) is 5.91 Å². The van der Waals surface area contributed by atoms with Crippen LogP contribution in [0.4, 0.5) is 35.9 Å². The summed E-state index contributed by atoms with van der Waals surface area (Å²) < 4.78 is 96.1. The minimum absolute atomic E-state index is 0.0879. The van der Waals surface area contributed by atoms with Crippen LogP contribution >= 0.6 is 0 Å². The van der Waals surface area contributed by atoms with Crippen molar-refractivity contribution in [2.45, 2.75) is 110 Å². The maximum Gasteiger partial charge on any atom is 0.437 e. The molecule has 0 radical (unpaired) electrons. The van der Waals surface area contributed by atoms with E-state index in [2.05, 4.69) is 25.7 Å². The van der Waals surface area contributed by atoms with Crippen molar-refractivity contribution in [2.24, 2.45) is 4.99 Å². The molecule has 0 aromatic rings. The Balaban J connectivity index is 5.73. The Bertz CT molecular complexity index is 988. The van der Waals surface area contributed by atoms with Gasteiger partial charge in [-0.15, -0.1) is 4.99 Å². The van der Waals surface area contributed by atoms with Crippen LogP contribution < -0.4 is 16.0 Å². The second kappa shape index (κ2) is 15.5. The SMILES string of the molecule is COC(C)(C)C(=O)NC(CCCNC(=NC(=O)OC(C)(C)C)NC(=O)OC(C)(C)C)C(=O)COC(C(F)(F)F)C(F)(F)F. The van der Waals surface area contributed by atoms with Crippen molar-refractivity contribution in [3.63, 3.8) is 0 Å². The number of ketones is 1. The Morgan fingerprint density at radius 1 is 0.814 bits per heavy atom. The standard InChI is InChI=1S/C25H40F6N4O8/c1-21(2,3)42-19(38)34-18(35-20(39)43-22(4,5)6)32-12-10-11-14(33-17(37)23(7,8)40-9)15(36)13-41-16(24(26,27)28)25(29,30)31/h14,16H,10-13H2,1-9H3,(H,33,37)(H2,32,34,35,38,39). The molecule has 0 saturated heterocycles. The molecule has 0 spiro atoms. The molecule has 0 fully saturated rings. The zero-order chi connectivity index (χ0) is 34.0. The fourth-order valence-corrected chi connectivity index (χ4v) is 2.78. The van der Waals surface area contributed by atoms with Crippen LogP contribution in [0.2, 0.25) is 0 Å². The molecule has 0 aliphatic heterocycles. The highest BCUT2D eigenvalue weighted by molar-refractivity contribution is 5.99. The minimum atomic E-state index is -5.84. The van der Waals surface area contributed by atoms with E-state index in [0.717, 1.165) is 0 Å². The Kier molecular flexibility index (Phi) is 14.4. The number of alkyl carbamates (subject to hydrolysis) is 1. The van der Waals surface area contributed by atoms with Crippen LogP contribution in [0.1, 0.15) is 68.2 Å². The van der Waals surface area contributed by atoms with Gasteiger partial charge in [0.15, 0.2) is 5.78 Å². The minimum Gasteiger partial charge on any atom is -0.444 e. The number of nitrogens with one attached hydrogen (secondary N) is 3. The molecule has 3 amide bonds. The van der Waals surface area contributed by atoms with Crippen LogP contribution in [0.25, 0.3) is 0 Å². The molecule has 250 valence electrons. The van der Waals surface area contributed by atoms with E-state index >= 15 is 0 Å². The van der Waals surface area contributed by atoms with Gasteiger partial charge in [-0.1, -0.05) is 0 Å². The van der Waals surface area contributed by atoms with Crippen LogP contribution in [-0.4, -0.2) is 91.4 Å². The smallest absolute Gasteiger partial charge is 0.437 e. The summed E-state index contributed by atoms with van der Waals surface area (Å²) in [7, 11) is 1.17. The number of aliphatic imine (C=N–C) groups is 1. The van der Waals surface area contributed by atoms with Gasteiger partial charge in [0, 0.05) is 13.7 Å². The number of nitrogens with zero attached hydrogens (tertiary/aromatic N) is 1. The van der Waals surface area contributed by atoms with E-state index in [-0.39, 0.29) is 19.4 Å². The zero-order valence-electron chi connectivity index (χ0n) is 25.5. The predicted octanol–water partition coefficient (Wildman–Crippen LogP) is 4.16. The number of methoxy groups -OCH3 is 1. The van der Waals surface area contributed by atoms with Gasteiger partial charge >= 0.3 is 24.5 Å². The van der Waals surface area contributed by atoms with Crippen molar-refractivity contribution < 1.29 is 64.5 Å². The van der Waals surface area contributed by atoms with Crippen LogP contribution in [0.3, 0.4) is 0 Å². The van der Waals surface area contributed by atoms with Gasteiger partial charge in [0.05, 0.1) is 6.04 Å². The average Bonchev–Trinajstić information content (AvgIpc) is 2.76. The van der Waals surface area contributed by atoms with E-state index in [1.54, 1.807) is 41.5 Å². The molecule has 3 N–H and O–H groups in total. The Hall–Kier alpha value is -3.15. The molecule has 1 atom stereocenters. The molecule has 0 aliphatic rings. The summed E-state index contributed by atoms with van der Waals surface area (Å²) in [5.41, 5.74) is -3.36. The molecule has 1 unspecified atom stereocenters. The molecule has 12 nitrogen and oxygen atoms in total. The predicted molar refractivity (Wildman–Crippen MR) is 140 cm³/mol. The van der Waals surface area contributed by atoms with E-state index in [1.165, 1.54) is 21.0 Å².